The summed E-state index contributed by atoms with van der Waals surface area (Å²) in [7, 11) is 0. The van der Waals surface area contributed by atoms with Crippen LogP contribution in [0.3, 0.4) is 0 Å². The molecule has 12 heavy (non-hydrogen) atoms. The third-order valence-corrected chi connectivity index (χ3v) is 3.06. The van der Waals surface area contributed by atoms with Crippen molar-refractivity contribution in [3.8, 4) is 0 Å². The van der Waals surface area contributed by atoms with Gasteiger partial charge in [-0.05, 0) is 38.0 Å². The van der Waals surface area contributed by atoms with Crippen LogP contribution in [0.25, 0.3) is 0 Å². The Hall–Kier alpha value is -0.0800. The van der Waals surface area contributed by atoms with Gasteiger partial charge >= 0.3 is 0 Å². The van der Waals surface area contributed by atoms with Crippen molar-refractivity contribution in [3.63, 3.8) is 0 Å². The molecule has 1 fully saturated rings. The highest BCUT2D eigenvalue weighted by Crippen LogP contribution is 2.16. The highest BCUT2D eigenvalue weighted by molar-refractivity contribution is 4.80. The van der Waals surface area contributed by atoms with E-state index in [9.17, 15) is 0 Å². The van der Waals surface area contributed by atoms with E-state index in [1.54, 1.807) is 0 Å². The van der Waals surface area contributed by atoms with E-state index in [4.69, 9.17) is 0 Å². The SMILES string of the molecule is CCN(CC)C[C@@H]1CNC[C@H]1C. The molecule has 1 N–H and O–H groups in total. The summed E-state index contributed by atoms with van der Waals surface area (Å²) in [6.07, 6.45) is 0. The first-order valence-electron chi connectivity index (χ1n) is 5.21. The second-order valence-electron chi connectivity index (χ2n) is 3.88. The molecule has 1 aliphatic heterocycles. The van der Waals surface area contributed by atoms with E-state index in [0.717, 1.165) is 11.8 Å². The molecule has 1 saturated heterocycles. The minimum atomic E-state index is 0.866. The molecule has 1 aliphatic rings. The predicted octanol–water partition coefficient (Wildman–Crippen LogP) is 1.18. The van der Waals surface area contributed by atoms with Gasteiger partial charge in [0.05, 0.1) is 0 Å². The van der Waals surface area contributed by atoms with E-state index in [1.807, 2.05) is 0 Å². The Kier molecular flexibility index (Phi) is 4.02. The largest absolute Gasteiger partial charge is 0.316 e. The number of nitrogens with zero attached hydrogens (tertiary/aromatic N) is 1. The summed E-state index contributed by atoms with van der Waals surface area (Å²) in [5.74, 6) is 1.75. The molecule has 0 amide bonds. The zero-order valence-corrected chi connectivity index (χ0v) is 8.64. The third-order valence-electron chi connectivity index (χ3n) is 3.06. The van der Waals surface area contributed by atoms with Crippen molar-refractivity contribution in [1.29, 1.82) is 0 Å². The quantitative estimate of drug-likeness (QED) is 0.681. The Bertz CT molecular complexity index is 121. The summed E-state index contributed by atoms with van der Waals surface area (Å²) in [6.45, 7) is 12.9. The van der Waals surface area contributed by atoms with E-state index >= 15 is 0 Å². The summed E-state index contributed by atoms with van der Waals surface area (Å²) in [5, 5.41) is 3.45. The van der Waals surface area contributed by atoms with Crippen molar-refractivity contribution in [1.82, 2.24) is 10.2 Å². The highest BCUT2D eigenvalue weighted by Gasteiger charge is 2.23. The highest BCUT2D eigenvalue weighted by atomic mass is 15.1. The maximum Gasteiger partial charge on any atom is 0.00246 e. The normalized spacial score (nSPS) is 30.0. The first-order valence-corrected chi connectivity index (χ1v) is 5.21. The van der Waals surface area contributed by atoms with Gasteiger partial charge in [0, 0.05) is 6.54 Å². The molecule has 0 radical (unpaired) electrons. The molecule has 0 aromatic carbocycles. The van der Waals surface area contributed by atoms with Gasteiger partial charge in [0.15, 0.2) is 0 Å². The topological polar surface area (TPSA) is 15.3 Å². The van der Waals surface area contributed by atoms with E-state index in [-0.39, 0.29) is 0 Å². The molecule has 72 valence electrons. The maximum absolute atomic E-state index is 3.45. The van der Waals surface area contributed by atoms with E-state index in [0.29, 0.717) is 0 Å². The van der Waals surface area contributed by atoms with Crippen LogP contribution < -0.4 is 5.32 Å². The predicted molar refractivity (Wildman–Crippen MR) is 53.3 cm³/mol. The van der Waals surface area contributed by atoms with Crippen LogP contribution >= 0.6 is 0 Å². The fourth-order valence-electron chi connectivity index (χ4n) is 1.92. The van der Waals surface area contributed by atoms with Gasteiger partial charge < -0.3 is 10.2 Å². The van der Waals surface area contributed by atoms with Crippen LogP contribution in [0.1, 0.15) is 20.8 Å². The summed E-state index contributed by atoms with van der Waals surface area (Å²) in [6, 6.07) is 0. The Morgan fingerprint density at radius 3 is 2.33 bits per heavy atom. The zero-order valence-electron chi connectivity index (χ0n) is 8.64. The van der Waals surface area contributed by atoms with Gasteiger partial charge in [0.2, 0.25) is 0 Å². The first-order chi connectivity index (χ1) is 5.77. The lowest BCUT2D eigenvalue weighted by molar-refractivity contribution is 0.238. The second-order valence-corrected chi connectivity index (χ2v) is 3.88. The Morgan fingerprint density at radius 1 is 1.25 bits per heavy atom. The van der Waals surface area contributed by atoms with E-state index in [1.165, 1.54) is 32.7 Å². The molecule has 0 bridgehead atoms. The summed E-state index contributed by atoms with van der Waals surface area (Å²) < 4.78 is 0. The van der Waals surface area contributed by atoms with Gasteiger partial charge in [-0.3, -0.25) is 0 Å². The van der Waals surface area contributed by atoms with Crippen LogP contribution in [0.2, 0.25) is 0 Å². The minimum absolute atomic E-state index is 0.866. The van der Waals surface area contributed by atoms with Crippen LogP contribution in [-0.4, -0.2) is 37.6 Å². The van der Waals surface area contributed by atoms with Crippen molar-refractivity contribution >= 4 is 0 Å². The van der Waals surface area contributed by atoms with Crippen molar-refractivity contribution in [2.75, 3.05) is 32.7 Å². The van der Waals surface area contributed by atoms with E-state index < -0.39 is 0 Å². The molecule has 2 nitrogen and oxygen atoms in total. The standard InChI is InChI=1S/C10H22N2/c1-4-12(5-2)8-10-7-11-6-9(10)3/h9-11H,4-8H2,1-3H3/t9-,10+/m1/s1. The molecule has 0 saturated carbocycles. The fourth-order valence-corrected chi connectivity index (χ4v) is 1.92. The number of rotatable bonds is 4. The van der Waals surface area contributed by atoms with Gasteiger partial charge in [0.25, 0.3) is 0 Å². The Labute approximate surface area is 76.3 Å². The van der Waals surface area contributed by atoms with Gasteiger partial charge in [0.1, 0.15) is 0 Å². The van der Waals surface area contributed by atoms with Crippen molar-refractivity contribution in [3.05, 3.63) is 0 Å². The van der Waals surface area contributed by atoms with Crippen LogP contribution in [0.5, 0.6) is 0 Å². The molecule has 1 heterocycles. The minimum Gasteiger partial charge on any atom is -0.316 e. The van der Waals surface area contributed by atoms with Gasteiger partial charge in [-0.15, -0.1) is 0 Å². The average Bonchev–Trinajstić information content (AvgIpc) is 2.47. The fraction of sp³-hybridized carbons (Fsp3) is 1.00. The molecular formula is C10H22N2. The van der Waals surface area contributed by atoms with Crippen LogP contribution in [-0.2, 0) is 0 Å². The van der Waals surface area contributed by atoms with Gasteiger partial charge in [-0.2, -0.15) is 0 Å². The van der Waals surface area contributed by atoms with Crippen molar-refractivity contribution < 1.29 is 0 Å². The molecule has 2 atom stereocenters. The lowest BCUT2D eigenvalue weighted by Crippen LogP contribution is -2.32. The van der Waals surface area contributed by atoms with Crippen molar-refractivity contribution in [2.24, 2.45) is 11.8 Å². The van der Waals surface area contributed by atoms with Crippen molar-refractivity contribution in [2.45, 2.75) is 20.8 Å². The molecule has 0 aromatic heterocycles. The molecule has 0 spiro atoms. The number of nitrogens with one attached hydrogen (secondary N) is 1. The maximum atomic E-state index is 3.45. The Morgan fingerprint density at radius 2 is 1.92 bits per heavy atom. The summed E-state index contributed by atoms with van der Waals surface area (Å²) >= 11 is 0. The van der Waals surface area contributed by atoms with E-state index in [2.05, 4.69) is 31.0 Å². The smallest absolute Gasteiger partial charge is 0.00246 e. The third kappa shape index (κ3) is 2.46. The van der Waals surface area contributed by atoms with Gasteiger partial charge in [-0.1, -0.05) is 20.8 Å². The molecule has 2 heteroatoms. The second kappa shape index (κ2) is 4.83. The zero-order chi connectivity index (χ0) is 8.97. The summed E-state index contributed by atoms with van der Waals surface area (Å²) in [5.41, 5.74) is 0. The molecule has 0 aliphatic carbocycles. The summed E-state index contributed by atoms with van der Waals surface area (Å²) in [4.78, 5) is 2.52. The lowest BCUT2D eigenvalue weighted by atomic mass is 9.98. The first kappa shape index (κ1) is 10.0. The van der Waals surface area contributed by atoms with Crippen LogP contribution in [0, 0.1) is 11.8 Å². The van der Waals surface area contributed by atoms with Gasteiger partial charge in [-0.25, -0.2) is 0 Å². The number of hydrogen-bond donors (Lipinski definition) is 1. The lowest BCUT2D eigenvalue weighted by Gasteiger charge is -2.24. The Balaban J connectivity index is 2.28. The molecule has 0 aromatic rings. The van der Waals surface area contributed by atoms with Crippen LogP contribution in [0.4, 0.5) is 0 Å². The monoisotopic (exact) mass is 170 g/mol. The molecule has 0 unspecified atom stereocenters. The van der Waals surface area contributed by atoms with Crippen LogP contribution in [0.15, 0.2) is 0 Å². The molecule has 1 rings (SSSR count). The molecular weight excluding hydrogens is 148 g/mol. The number of hydrogen-bond acceptors (Lipinski definition) is 2. The average molecular weight is 170 g/mol.